The normalized spacial score (nSPS) is 12.1. The molecular weight excluding hydrogens is 327 g/mol. The molecule has 2 aromatic carbocycles. The maximum atomic E-state index is 14.3. The lowest BCUT2D eigenvalue weighted by Gasteiger charge is -2.10. The molecular formula is C18H17FN2O2S. The highest BCUT2D eigenvalue weighted by Crippen LogP contribution is 2.30. The first kappa shape index (κ1) is 16.4. The first-order valence-corrected chi connectivity index (χ1v) is 8.53. The van der Waals surface area contributed by atoms with Gasteiger partial charge in [-0.1, -0.05) is 19.1 Å². The van der Waals surface area contributed by atoms with E-state index in [9.17, 15) is 9.18 Å². The number of carbonyl (C=O) groups excluding carboxylic acids is 1. The number of rotatable bonds is 6. The number of para-hydroxylation sites is 1. The van der Waals surface area contributed by atoms with Crippen LogP contribution in [0.2, 0.25) is 0 Å². The van der Waals surface area contributed by atoms with E-state index in [1.54, 1.807) is 24.3 Å². The number of hydrogen-bond acceptors (Lipinski definition) is 4. The Morgan fingerprint density at radius 1 is 1.25 bits per heavy atom. The third-order valence-electron chi connectivity index (χ3n) is 3.36. The Morgan fingerprint density at radius 3 is 2.71 bits per heavy atom. The van der Waals surface area contributed by atoms with Crippen LogP contribution < -0.4 is 10.1 Å². The van der Waals surface area contributed by atoms with Crippen LogP contribution in [0.3, 0.4) is 0 Å². The van der Waals surface area contributed by atoms with Crippen molar-refractivity contribution < 1.29 is 13.9 Å². The van der Waals surface area contributed by atoms with Gasteiger partial charge in [0.1, 0.15) is 5.75 Å². The molecule has 0 fully saturated rings. The van der Waals surface area contributed by atoms with Crippen LogP contribution in [0.15, 0.2) is 48.5 Å². The van der Waals surface area contributed by atoms with Gasteiger partial charge in [0, 0.05) is 12.1 Å². The van der Waals surface area contributed by atoms with Crippen molar-refractivity contribution in [1.82, 2.24) is 4.98 Å². The van der Waals surface area contributed by atoms with Gasteiger partial charge in [-0.05, 0) is 42.8 Å². The zero-order chi connectivity index (χ0) is 16.9. The first-order chi connectivity index (χ1) is 11.7. The van der Waals surface area contributed by atoms with Crippen LogP contribution in [0.25, 0.3) is 10.2 Å². The largest absolute Gasteiger partial charge is 0.454 e. The molecule has 4 nitrogen and oxygen atoms in total. The Labute approximate surface area is 143 Å². The number of ether oxygens (including phenoxy) is 1. The van der Waals surface area contributed by atoms with E-state index in [0.29, 0.717) is 17.9 Å². The number of hydrogen-bond donors (Lipinski definition) is 1. The maximum Gasteiger partial charge on any atom is 0.290 e. The number of benzene rings is 2. The smallest absolute Gasteiger partial charge is 0.290 e. The van der Waals surface area contributed by atoms with E-state index in [2.05, 4.69) is 10.3 Å². The molecule has 1 heterocycles. The lowest BCUT2D eigenvalue weighted by molar-refractivity contribution is -0.116. The van der Waals surface area contributed by atoms with Gasteiger partial charge in [0.25, 0.3) is 6.36 Å². The number of halogens is 1. The fourth-order valence-corrected chi connectivity index (χ4v) is 3.10. The molecule has 0 spiro atoms. The molecule has 0 bridgehead atoms. The van der Waals surface area contributed by atoms with Crippen LogP contribution in [0, 0.1) is 0 Å². The van der Waals surface area contributed by atoms with Gasteiger partial charge in [0.15, 0.2) is 5.01 Å². The number of anilines is 1. The Bertz CT molecular complexity index is 799. The van der Waals surface area contributed by atoms with Crippen molar-refractivity contribution in [3.63, 3.8) is 0 Å². The summed E-state index contributed by atoms with van der Waals surface area (Å²) in [6.07, 6.45) is -0.357. The van der Waals surface area contributed by atoms with Gasteiger partial charge >= 0.3 is 0 Å². The molecule has 3 aromatic rings. The second-order valence-electron chi connectivity index (χ2n) is 5.28. The number of nitrogens with one attached hydrogen (secondary N) is 1. The quantitative estimate of drug-likeness (QED) is 0.678. The fourth-order valence-electron chi connectivity index (χ4n) is 2.22. The lowest BCUT2D eigenvalue weighted by Crippen LogP contribution is -2.10. The number of aromatic nitrogens is 1. The molecule has 1 atom stereocenters. The zero-order valence-corrected chi connectivity index (χ0v) is 14.0. The van der Waals surface area contributed by atoms with Crippen LogP contribution in [0.1, 0.15) is 31.1 Å². The second kappa shape index (κ2) is 7.40. The monoisotopic (exact) mass is 344 g/mol. The maximum absolute atomic E-state index is 14.3. The number of carbonyl (C=O) groups is 1. The highest BCUT2D eigenvalue weighted by molar-refractivity contribution is 7.18. The zero-order valence-electron chi connectivity index (χ0n) is 13.2. The number of fused-ring (bicyclic) bond motifs is 1. The van der Waals surface area contributed by atoms with Crippen molar-refractivity contribution in [2.24, 2.45) is 0 Å². The lowest BCUT2D eigenvalue weighted by atomic mass is 10.2. The van der Waals surface area contributed by atoms with E-state index in [-0.39, 0.29) is 10.9 Å². The van der Waals surface area contributed by atoms with Crippen LogP contribution in [0.4, 0.5) is 10.1 Å². The predicted molar refractivity (Wildman–Crippen MR) is 94.1 cm³/mol. The Kier molecular flexibility index (Phi) is 5.05. The van der Waals surface area contributed by atoms with Gasteiger partial charge in [-0.25, -0.2) is 4.98 Å². The van der Waals surface area contributed by atoms with Gasteiger partial charge in [0.2, 0.25) is 5.91 Å². The predicted octanol–water partition coefficient (Wildman–Crippen LogP) is 5.08. The highest BCUT2D eigenvalue weighted by Gasteiger charge is 2.16. The summed E-state index contributed by atoms with van der Waals surface area (Å²) in [5.41, 5.74) is 1.42. The van der Waals surface area contributed by atoms with Crippen molar-refractivity contribution >= 4 is 33.1 Å². The summed E-state index contributed by atoms with van der Waals surface area (Å²) in [7, 11) is 0. The summed E-state index contributed by atoms with van der Waals surface area (Å²) in [6, 6.07) is 14.1. The van der Waals surface area contributed by atoms with Gasteiger partial charge in [-0.15, -0.1) is 11.3 Å². The molecule has 1 aromatic heterocycles. The van der Waals surface area contributed by atoms with Gasteiger partial charge < -0.3 is 10.1 Å². The molecule has 0 aliphatic heterocycles. The number of thiazole rings is 1. The van der Waals surface area contributed by atoms with Crippen molar-refractivity contribution in [3.05, 3.63) is 53.5 Å². The van der Waals surface area contributed by atoms with Crippen LogP contribution in [-0.4, -0.2) is 10.9 Å². The summed E-state index contributed by atoms with van der Waals surface area (Å²) in [4.78, 5) is 15.8. The summed E-state index contributed by atoms with van der Waals surface area (Å²) in [6.45, 7) is 1.94. The minimum absolute atomic E-state index is 0.0380. The third kappa shape index (κ3) is 3.89. The fraction of sp³-hybridized carbons (Fsp3) is 0.222. The average Bonchev–Trinajstić information content (AvgIpc) is 3.01. The van der Waals surface area contributed by atoms with Crippen molar-refractivity contribution in [1.29, 1.82) is 0 Å². The summed E-state index contributed by atoms with van der Waals surface area (Å²) < 4.78 is 20.6. The molecule has 0 aliphatic carbocycles. The molecule has 1 N–H and O–H groups in total. The van der Waals surface area contributed by atoms with Crippen molar-refractivity contribution in [3.8, 4) is 5.75 Å². The molecule has 24 heavy (non-hydrogen) atoms. The molecule has 3 rings (SSSR count). The Balaban J connectivity index is 1.65. The molecule has 0 aliphatic rings. The topological polar surface area (TPSA) is 51.2 Å². The molecule has 0 radical (unpaired) electrons. The first-order valence-electron chi connectivity index (χ1n) is 7.72. The van der Waals surface area contributed by atoms with E-state index in [1.807, 2.05) is 31.2 Å². The standard InChI is InChI=1S/C18H17FN2O2S/c1-2-5-16(22)20-12-8-10-13(11-9-12)23-17(19)18-21-14-6-3-4-7-15(14)24-18/h3-4,6-11,17H,2,5H2,1H3,(H,20,22). The molecule has 0 saturated carbocycles. The molecule has 1 amide bonds. The minimum Gasteiger partial charge on any atom is -0.454 e. The molecule has 0 saturated heterocycles. The van der Waals surface area contributed by atoms with Crippen molar-refractivity contribution in [2.45, 2.75) is 26.1 Å². The van der Waals surface area contributed by atoms with E-state index < -0.39 is 6.36 Å². The van der Waals surface area contributed by atoms with Gasteiger partial charge in [0.05, 0.1) is 10.2 Å². The minimum atomic E-state index is -1.62. The molecule has 6 heteroatoms. The Morgan fingerprint density at radius 2 is 2.00 bits per heavy atom. The van der Waals surface area contributed by atoms with Crippen molar-refractivity contribution in [2.75, 3.05) is 5.32 Å². The average molecular weight is 344 g/mol. The highest BCUT2D eigenvalue weighted by atomic mass is 32.1. The number of nitrogens with zero attached hydrogens (tertiary/aromatic N) is 1. The Hall–Kier alpha value is -2.47. The summed E-state index contributed by atoms with van der Waals surface area (Å²) in [5.74, 6) is 0.347. The van der Waals surface area contributed by atoms with Gasteiger partial charge in [-0.2, -0.15) is 4.39 Å². The summed E-state index contributed by atoms with van der Waals surface area (Å²) in [5, 5.41) is 3.06. The van der Waals surface area contributed by atoms with E-state index in [4.69, 9.17) is 4.74 Å². The third-order valence-corrected chi connectivity index (χ3v) is 4.41. The summed E-state index contributed by atoms with van der Waals surface area (Å²) >= 11 is 1.27. The van der Waals surface area contributed by atoms with E-state index in [1.165, 1.54) is 11.3 Å². The second-order valence-corrected chi connectivity index (χ2v) is 6.34. The van der Waals surface area contributed by atoms with Crippen LogP contribution in [-0.2, 0) is 4.79 Å². The van der Waals surface area contributed by atoms with Crippen LogP contribution >= 0.6 is 11.3 Å². The molecule has 124 valence electrons. The SMILES string of the molecule is CCCC(=O)Nc1ccc(OC(F)c2nc3ccccc3s2)cc1. The number of amides is 1. The van der Waals surface area contributed by atoms with E-state index >= 15 is 0 Å². The number of alkyl halides is 1. The molecule has 1 unspecified atom stereocenters. The van der Waals surface area contributed by atoms with Gasteiger partial charge in [-0.3, -0.25) is 4.79 Å². The van der Waals surface area contributed by atoms with E-state index in [0.717, 1.165) is 16.6 Å². The van der Waals surface area contributed by atoms with Crippen LogP contribution in [0.5, 0.6) is 5.75 Å².